The highest BCUT2D eigenvalue weighted by Gasteiger charge is 2.14. The van der Waals surface area contributed by atoms with E-state index in [0.29, 0.717) is 0 Å². The molecule has 0 N–H and O–H groups in total. The Morgan fingerprint density at radius 2 is 1.81 bits per heavy atom. The molecule has 0 atom stereocenters. The first-order valence-corrected chi connectivity index (χ1v) is 7.45. The van der Waals surface area contributed by atoms with Crippen LogP contribution >= 0.6 is 0 Å². The molecule has 3 aromatic rings. The van der Waals surface area contributed by atoms with Gasteiger partial charge in [0.25, 0.3) is 0 Å². The second-order valence-electron chi connectivity index (χ2n) is 5.58. The summed E-state index contributed by atoms with van der Waals surface area (Å²) < 4.78 is 5.44. The molecule has 4 rings (SSSR count). The van der Waals surface area contributed by atoms with E-state index >= 15 is 0 Å². The van der Waals surface area contributed by atoms with Crippen molar-refractivity contribution in [3.8, 4) is 0 Å². The Morgan fingerprint density at radius 1 is 1.00 bits per heavy atom. The van der Waals surface area contributed by atoms with E-state index in [1.807, 2.05) is 0 Å². The number of ether oxygens (including phenoxy) is 1. The lowest BCUT2D eigenvalue weighted by atomic mass is 10.0. The Labute approximate surface area is 124 Å². The van der Waals surface area contributed by atoms with Gasteiger partial charge in [-0.1, -0.05) is 36.4 Å². The van der Waals surface area contributed by atoms with E-state index < -0.39 is 0 Å². The number of anilines is 1. The van der Waals surface area contributed by atoms with Crippen LogP contribution in [-0.4, -0.2) is 31.3 Å². The summed E-state index contributed by atoms with van der Waals surface area (Å²) in [5, 5.41) is 3.72. The molecule has 21 heavy (non-hydrogen) atoms. The number of morpholine rings is 1. The zero-order chi connectivity index (χ0) is 14.2. The molecule has 0 aliphatic carbocycles. The number of aromatic nitrogens is 1. The summed E-state index contributed by atoms with van der Waals surface area (Å²) in [5.41, 5.74) is 2.39. The van der Waals surface area contributed by atoms with E-state index in [0.717, 1.165) is 37.6 Å². The molecule has 0 bridgehead atoms. The molecule has 0 radical (unpaired) electrons. The third-order valence-corrected chi connectivity index (χ3v) is 4.23. The van der Waals surface area contributed by atoms with Crippen molar-refractivity contribution in [3.63, 3.8) is 0 Å². The van der Waals surface area contributed by atoms with Crippen molar-refractivity contribution in [3.05, 3.63) is 48.0 Å². The molecule has 106 valence electrons. The van der Waals surface area contributed by atoms with Crippen molar-refractivity contribution >= 4 is 27.5 Å². The average Bonchev–Trinajstić information content (AvgIpc) is 2.55. The number of hydrogen-bond donors (Lipinski definition) is 0. The zero-order valence-corrected chi connectivity index (χ0v) is 12.2. The Balaban J connectivity index is 1.96. The maximum absolute atomic E-state index is 5.44. The van der Waals surface area contributed by atoms with Crippen LogP contribution < -0.4 is 4.90 Å². The van der Waals surface area contributed by atoms with Crippen molar-refractivity contribution < 1.29 is 4.74 Å². The molecule has 1 aliphatic rings. The molecule has 0 saturated carbocycles. The lowest BCUT2D eigenvalue weighted by Crippen LogP contribution is -2.36. The number of aryl methyl sites for hydroxylation is 1. The van der Waals surface area contributed by atoms with Gasteiger partial charge in [-0.25, -0.2) is 4.98 Å². The number of nitrogens with zero attached hydrogens (tertiary/aromatic N) is 2. The minimum absolute atomic E-state index is 0.786. The second kappa shape index (κ2) is 5.01. The van der Waals surface area contributed by atoms with Gasteiger partial charge in [-0.15, -0.1) is 0 Å². The first kappa shape index (κ1) is 12.6. The molecule has 3 nitrogen and oxygen atoms in total. The summed E-state index contributed by atoms with van der Waals surface area (Å²) in [6, 6.07) is 15.0. The minimum atomic E-state index is 0.786. The smallest absolute Gasteiger partial charge is 0.129 e. The number of rotatable bonds is 1. The Bertz CT molecular complexity index is 807. The van der Waals surface area contributed by atoms with Crippen molar-refractivity contribution in [2.24, 2.45) is 0 Å². The molecule has 1 saturated heterocycles. The third-order valence-electron chi connectivity index (χ3n) is 4.23. The second-order valence-corrected chi connectivity index (χ2v) is 5.58. The summed E-state index contributed by atoms with van der Waals surface area (Å²) in [7, 11) is 0. The van der Waals surface area contributed by atoms with Crippen LogP contribution in [0.4, 0.5) is 5.82 Å². The van der Waals surface area contributed by atoms with Crippen LogP contribution in [0.5, 0.6) is 0 Å². The van der Waals surface area contributed by atoms with Gasteiger partial charge in [0.15, 0.2) is 0 Å². The van der Waals surface area contributed by atoms with Gasteiger partial charge in [0.05, 0.1) is 18.7 Å². The van der Waals surface area contributed by atoms with Gasteiger partial charge in [0.2, 0.25) is 0 Å². The fourth-order valence-corrected chi connectivity index (χ4v) is 3.07. The maximum Gasteiger partial charge on any atom is 0.129 e. The van der Waals surface area contributed by atoms with Gasteiger partial charge < -0.3 is 9.64 Å². The van der Waals surface area contributed by atoms with Gasteiger partial charge in [-0.2, -0.15) is 0 Å². The van der Waals surface area contributed by atoms with Gasteiger partial charge >= 0.3 is 0 Å². The normalized spacial score (nSPS) is 15.8. The van der Waals surface area contributed by atoms with Crippen molar-refractivity contribution in [1.82, 2.24) is 4.98 Å². The largest absolute Gasteiger partial charge is 0.378 e. The minimum Gasteiger partial charge on any atom is -0.378 e. The van der Waals surface area contributed by atoms with Crippen LogP contribution in [0.2, 0.25) is 0 Å². The first-order valence-electron chi connectivity index (χ1n) is 7.45. The molecule has 0 amide bonds. The van der Waals surface area contributed by atoms with Gasteiger partial charge in [0, 0.05) is 23.9 Å². The number of fused-ring (bicyclic) bond motifs is 3. The molecule has 1 fully saturated rings. The quantitative estimate of drug-likeness (QED) is 0.637. The predicted octanol–water partition coefficient (Wildman–Crippen LogP) is 3.53. The summed E-state index contributed by atoms with van der Waals surface area (Å²) >= 11 is 0. The Hall–Kier alpha value is -2.13. The van der Waals surface area contributed by atoms with Gasteiger partial charge in [-0.3, -0.25) is 0 Å². The van der Waals surface area contributed by atoms with Crippen LogP contribution in [0.1, 0.15) is 5.56 Å². The number of pyridine rings is 1. The van der Waals surface area contributed by atoms with Crippen LogP contribution in [0, 0.1) is 6.92 Å². The summed E-state index contributed by atoms with van der Waals surface area (Å²) in [5.74, 6) is 1.07. The summed E-state index contributed by atoms with van der Waals surface area (Å²) in [6.07, 6.45) is 0. The SMILES string of the molecule is Cc1cc(N2CCOCC2)nc2c1ccc1ccccc12. The highest BCUT2D eigenvalue weighted by atomic mass is 16.5. The maximum atomic E-state index is 5.44. The van der Waals surface area contributed by atoms with E-state index in [2.05, 4.69) is 54.3 Å². The summed E-state index contributed by atoms with van der Waals surface area (Å²) in [6.45, 7) is 5.58. The lowest BCUT2D eigenvalue weighted by Gasteiger charge is -2.28. The molecule has 0 unspecified atom stereocenters. The highest BCUT2D eigenvalue weighted by Crippen LogP contribution is 2.29. The Morgan fingerprint density at radius 3 is 2.67 bits per heavy atom. The first-order chi connectivity index (χ1) is 10.3. The number of hydrogen-bond acceptors (Lipinski definition) is 3. The van der Waals surface area contributed by atoms with Gasteiger partial charge in [-0.05, 0) is 23.9 Å². The van der Waals surface area contributed by atoms with Crippen LogP contribution in [0.25, 0.3) is 21.7 Å². The standard InChI is InChI=1S/C18H18N2O/c1-13-12-17(20-8-10-21-11-9-20)19-18-15(13)7-6-14-4-2-3-5-16(14)18/h2-7,12H,8-11H2,1H3. The summed E-state index contributed by atoms with van der Waals surface area (Å²) in [4.78, 5) is 7.28. The molecular weight excluding hydrogens is 260 g/mol. The molecule has 2 heterocycles. The van der Waals surface area contributed by atoms with Crippen molar-refractivity contribution in [1.29, 1.82) is 0 Å². The topological polar surface area (TPSA) is 25.4 Å². The molecule has 0 spiro atoms. The monoisotopic (exact) mass is 278 g/mol. The molecule has 3 heteroatoms. The van der Waals surface area contributed by atoms with Crippen LogP contribution in [0.15, 0.2) is 42.5 Å². The van der Waals surface area contributed by atoms with E-state index in [4.69, 9.17) is 9.72 Å². The van der Waals surface area contributed by atoms with E-state index in [-0.39, 0.29) is 0 Å². The molecule has 1 aromatic heterocycles. The fraction of sp³-hybridized carbons (Fsp3) is 0.278. The highest BCUT2D eigenvalue weighted by molar-refractivity contribution is 6.06. The van der Waals surface area contributed by atoms with Gasteiger partial charge in [0.1, 0.15) is 5.82 Å². The van der Waals surface area contributed by atoms with E-state index in [1.165, 1.54) is 21.7 Å². The third kappa shape index (κ3) is 2.14. The predicted molar refractivity (Wildman–Crippen MR) is 87.0 cm³/mol. The average molecular weight is 278 g/mol. The molecule has 2 aromatic carbocycles. The fourth-order valence-electron chi connectivity index (χ4n) is 3.07. The number of benzene rings is 2. The van der Waals surface area contributed by atoms with E-state index in [1.54, 1.807) is 0 Å². The Kier molecular flexibility index (Phi) is 3.00. The van der Waals surface area contributed by atoms with Crippen molar-refractivity contribution in [2.75, 3.05) is 31.2 Å². The molecular formula is C18H18N2O. The van der Waals surface area contributed by atoms with Crippen molar-refractivity contribution in [2.45, 2.75) is 6.92 Å². The lowest BCUT2D eigenvalue weighted by molar-refractivity contribution is 0.122. The molecule has 1 aliphatic heterocycles. The van der Waals surface area contributed by atoms with E-state index in [9.17, 15) is 0 Å². The zero-order valence-electron chi connectivity index (χ0n) is 12.2. The van der Waals surface area contributed by atoms with Crippen LogP contribution in [0.3, 0.4) is 0 Å². The van der Waals surface area contributed by atoms with Crippen LogP contribution in [-0.2, 0) is 4.74 Å².